The van der Waals surface area contributed by atoms with E-state index in [4.69, 9.17) is 20.2 Å². The predicted octanol–water partition coefficient (Wildman–Crippen LogP) is 34.6. The van der Waals surface area contributed by atoms with E-state index < -0.39 is 16.6 Å². The molecule has 14 aromatic rings. The molecule has 28 rings (SSSR count). The summed E-state index contributed by atoms with van der Waals surface area (Å²) in [6.45, 7) is 92.8. The zero-order valence-electron chi connectivity index (χ0n) is 95.3. The standard InChI is InChI=1S/2C35H23N4.C29H20N3.17C2H6.3U/c1-36-38-20-35-31-26(30-25-11-4-2-8-21(25)18-23-10-7-17-37(35)33(23)30)16-15-24-19-22-9-3-5-12-27(22)39(34(24)31)29-14-6-13-28(38)32(29)35;1-36-38-20-35-32-28(38)14-8-15-29(32)39-26-12-5-3-10-22(26)18-24-19-23-17-21-9-2-4-11-25(21)31(30(23)33(35)34(24)39)27-13-6-7-16-37(27)35;1-30-32-17-29-26-19(16-20-9-5-13-24(32)27(20)29)8-4-12-23(26)25-22-11-3-2-7-18(22)15-21-10-6-14-31(29)28(21)25;17*1-2;;;/h1-17,20,30H,18-19H2;1-16,19-20,31H,17-18H2;1-14,17,25H,15-16H2;17*1-2H3;;;/q3*-1;;;;;;;;;;;;;;;;;;3*+2. The second kappa shape index (κ2) is 58.4. The predicted molar refractivity (Wildman–Crippen MR) is 621 cm³/mol. The number of hydrazone groups is 3. The van der Waals surface area contributed by atoms with Gasteiger partial charge in [0.25, 0.3) is 0 Å². The summed E-state index contributed by atoms with van der Waals surface area (Å²) in [6.07, 6.45) is 12.5. The molecule has 13 heterocycles. The van der Waals surface area contributed by atoms with Crippen LogP contribution in [0.4, 0.5) is 51.2 Å². The van der Waals surface area contributed by atoms with Crippen LogP contribution in [0.2, 0.25) is 0 Å². The Morgan fingerprint density at radius 3 is 0.966 bits per heavy atom. The minimum atomic E-state index is -0.535. The largest absolute Gasteiger partial charge is 2.00 e. The maximum Gasteiger partial charge on any atom is 2.00 e. The van der Waals surface area contributed by atoms with Crippen molar-refractivity contribution in [1.82, 2.24) is 0 Å². The fraction of sp³-hybridized carbons (Fsp3) is 0.346. The van der Waals surface area contributed by atoms with E-state index in [9.17, 15) is 0 Å². The number of rotatable bonds is 3. The van der Waals surface area contributed by atoms with E-state index in [1.807, 2.05) is 250 Å². The van der Waals surface area contributed by atoms with Crippen LogP contribution >= 0.6 is 0 Å². The van der Waals surface area contributed by atoms with Crippen LogP contribution in [0.5, 0.6) is 0 Å². The van der Waals surface area contributed by atoms with Crippen molar-refractivity contribution < 1.29 is 107 Å². The molecule has 0 bridgehead atoms. The summed E-state index contributed by atoms with van der Waals surface area (Å²) >= 11 is 0. The van der Waals surface area contributed by atoms with Crippen LogP contribution in [0, 0.1) is 113 Å². The normalized spacial score (nSPS) is 16.9. The van der Waals surface area contributed by atoms with Crippen molar-refractivity contribution >= 4 is 71.3 Å². The van der Waals surface area contributed by atoms with E-state index in [0.717, 1.165) is 55.6 Å². The minimum Gasteiger partial charge on any atom is -0.444 e. The van der Waals surface area contributed by atoms with Crippen LogP contribution in [-0.4, -0.2) is 20.2 Å². The Kier molecular flexibility index (Phi) is 50.0. The van der Waals surface area contributed by atoms with Crippen molar-refractivity contribution in [2.24, 2.45) is 15.3 Å². The van der Waals surface area contributed by atoms with Crippen molar-refractivity contribution in [3.8, 4) is 0 Å². The molecular formula is C133H168N11U3+3. The molecule has 6 atom stereocenters. The Bertz CT molecular complexity index is 6600. The van der Waals surface area contributed by atoms with E-state index in [1.165, 1.54) is 185 Å². The number of hydrogen-bond acceptors (Lipinski definition) is 8. The van der Waals surface area contributed by atoms with E-state index >= 15 is 0 Å². The summed E-state index contributed by atoms with van der Waals surface area (Å²) in [5, 5.41) is 18.4. The van der Waals surface area contributed by atoms with Crippen LogP contribution in [0.1, 0.15) is 404 Å². The number of nitrogens with zero attached hydrogens (tertiary/aromatic N) is 11. The third-order valence-electron chi connectivity index (χ3n) is 27.3. The average molecular weight is 2630 g/mol. The second-order valence-electron chi connectivity index (χ2n) is 31.9. The number of benzene rings is 11. The van der Waals surface area contributed by atoms with Gasteiger partial charge in [-0.1, -0.05) is 411 Å². The monoisotopic (exact) mass is 2630 g/mol. The SMILES string of the molecule is CC.CC.CC.CC.CC.CC.CC.CC.CC.CC.CC.CC.CC.CC.CC.CC.CC.[CH-]=NN1[CH-]C23c4c(cccc4C4c5ccccc5Cc5ccc[n+]2c54)Cc2cccc1c23.[CH-]=NN1[CH-]C23c4c1cccc4N1c4ccccc4Cc4cc5c(c2c41)C(c1ccccc1C5)c1cccc[n+]13.[CH-]=NN1[CH-]C23c4c1cccc4N1c4ccccc4Cc4ccc(c2c41)C1c2ccccc2Cc2ccc[n+]3c21.[U+2].[U+2].[U+2]. The Hall–Kier alpha value is -9.96. The van der Waals surface area contributed by atoms with Gasteiger partial charge in [0.15, 0.2) is 35.7 Å². The van der Waals surface area contributed by atoms with Gasteiger partial charge in [0.1, 0.15) is 16.6 Å². The van der Waals surface area contributed by atoms with E-state index in [0.29, 0.717) is 0 Å². The molecule has 3 spiro atoms. The summed E-state index contributed by atoms with van der Waals surface area (Å²) in [5.41, 5.74) is 46.6. The van der Waals surface area contributed by atoms with Gasteiger partial charge in [-0.25, -0.2) is 13.7 Å². The maximum absolute atomic E-state index is 6.09. The molecule has 11 nitrogen and oxygen atoms in total. The summed E-state index contributed by atoms with van der Waals surface area (Å²) in [7, 11) is 0. The third kappa shape index (κ3) is 20.2. The molecule has 14 aliphatic rings. The number of hydrogen-bond donors (Lipinski definition) is 0. The van der Waals surface area contributed by atoms with E-state index in [1.54, 1.807) is 0 Å². The average Bonchev–Trinajstić information content (AvgIpc) is 1.57. The van der Waals surface area contributed by atoms with Crippen LogP contribution < -0.4 is 38.5 Å². The molecule has 0 saturated heterocycles. The number of anilines is 9. The molecule has 147 heavy (non-hydrogen) atoms. The fourth-order valence-corrected chi connectivity index (χ4v) is 23.6. The van der Waals surface area contributed by atoms with Crippen molar-refractivity contribution in [2.45, 2.75) is 308 Å². The third-order valence-corrected chi connectivity index (χ3v) is 27.3. The molecular weight excluding hydrogens is 2470 g/mol. The molecule has 0 amide bonds. The smallest absolute Gasteiger partial charge is 0.444 e. The Morgan fingerprint density at radius 1 is 0.231 bits per heavy atom. The van der Waals surface area contributed by atoms with Crippen LogP contribution in [-0.2, 0) is 55.1 Å². The Labute approximate surface area is 961 Å². The Balaban J connectivity index is 0.000000292. The minimum absolute atomic E-state index is 0. The molecule has 3 aromatic heterocycles. The molecule has 0 saturated carbocycles. The van der Waals surface area contributed by atoms with Crippen molar-refractivity contribution in [3.63, 3.8) is 0 Å². The molecule has 10 aliphatic heterocycles. The molecule has 0 fully saturated rings. The first kappa shape index (κ1) is 126. The van der Waals surface area contributed by atoms with Crippen molar-refractivity contribution in [2.75, 3.05) is 24.8 Å². The van der Waals surface area contributed by atoms with Gasteiger partial charge in [-0.2, -0.15) is 0 Å². The number of aromatic nitrogens is 3. The van der Waals surface area contributed by atoms with E-state index in [-0.39, 0.29) is 111 Å². The second-order valence-corrected chi connectivity index (χ2v) is 31.9. The van der Waals surface area contributed by atoms with Gasteiger partial charge < -0.3 is 60.3 Å². The zero-order chi connectivity index (χ0) is 106. The summed E-state index contributed by atoms with van der Waals surface area (Å²) < 4.78 is 7.59. The van der Waals surface area contributed by atoms with Gasteiger partial charge in [-0.3, -0.25) is 0 Å². The zero-order valence-corrected chi connectivity index (χ0v) is 108. The first-order valence-corrected chi connectivity index (χ1v) is 55.5. The van der Waals surface area contributed by atoms with Crippen molar-refractivity contribution in [1.29, 1.82) is 0 Å². The molecule has 11 aromatic carbocycles. The molecule has 14 heteroatoms. The molecule has 764 valence electrons. The summed E-state index contributed by atoms with van der Waals surface area (Å²) in [4.78, 5) is 5.04. The molecule has 0 N–H and O–H groups in total. The van der Waals surface area contributed by atoms with E-state index in [2.05, 4.69) is 332 Å². The van der Waals surface area contributed by atoms with Crippen LogP contribution in [0.15, 0.2) is 289 Å². The van der Waals surface area contributed by atoms with Gasteiger partial charge in [0.2, 0.25) is 0 Å². The first-order chi connectivity index (χ1) is 71.4. The fourth-order valence-electron chi connectivity index (χ4n) is 23.6. The summed E-state index contributed by atoms with van der Waals surface area (Å²) in [5.74, 6) is 0.576. The van der Waals surface area contributed by atoms with Gasteiger partial charge in [-0.05, 0) is 156 Å². The Morgan fingerprint density at radius 2 is 0.524 bits per heavy atom. The number of fused-ring (bicyclic) bond motifs is 16. The van der Waals surface area contributed by atoms with Crippen LogP contribution in [0.25, 0.3) is 0 Å². The summed E-state index contributed by atoms with van der Waals surface area (Å²) in [6, 6.07) is 94.3. The molecule has 4 aliphatic carbocycles. The number of para-hydroxylation sites is 2. The number of pyridine rings is 3. The van der Waals surface area contributed by atoms with Crippen LogP contribution in [0.3, 0.4) is 0 Å². The van der Waals surface area contributed by atoms with Gasteiger partial charge >= 0.3 is 93.3 Å². The molecule has 6 unspecified atom stereocenters. The van der Waals surface area contributed by atoms with Gasteiger partial charge in [0.05, 0.1) is 40.5 Å². The first-order valence-electron chi connectivity index (χ1n) is 55.5. The molecule has 0 radical (unpaired) electrons. The van der Waals surface area contributed by atoms with Crippen molar-refractivity contribution in [3.05, 3.63) is 444 Å². The van der Waals surface area contributed by atoms with Gasteiger partial charge in [-0.15, -0.1) is 19.6 Å². The topological polar surface area (TPSA) is 64.9 Å². The quantitative estimate of drug-likeness (QED) is 0.100. The van der Waals surface area contributed by atoms with Gasteiger partial charge in [0, 0.05) is 123 Å². The maximum atomic E-state index is 6.09.